The predicted molar refractivity (Wildman–Crippen MR) is 98.6 cm³/mol. The lowest BCUT2D eigenvalue weighted by Gasteiger charge is -2.39. The van der Waals surface area contributed by atoms with Crippen molar-refractivity contribution in [2.24, 2.45) is 0 Å². The van der Waals surface area contributed by atoms with Crippen molar-refractivity contribution in [3.63, 3.8) is 0 Å². The molecule has 2 atom stereocenters. The third-order valence-electron chi connectivity index (χ3n) is 5.71. The van der Waals surface area contributed by atoms with Crippen LogP contribution in [0.25, 0.3) is 0 Å². The maximum absolute atomic E-state index is 13.3. The van der Waals surface area contributed by atoms with Crippen LogP contribution < -0.4 is 0 Å². The summed E-state index contributed by atoms with van der Waals surface area (Å²) in [5, 5.41) is 4.58. The summed E-state index contributed by atoms with van der Waals surface area (Å²) < 4.78 is 15.3. The Hall–Kier alpha value is -1.88. The molecule has 2 bridgehead atoms. The maximum Gasteiger partial charge on any atom is 0.223 e. The van der Waals surface area contributed by atoms with Crippen LogP contribution in [-0.4, -0.2) is 32.7 Å². The zero-order chi connectivity index (χ0) is 18.3. The Morgan fingerprint density at radius 2 is 2.00 bits per heavy atom. The maximum atomic E-state index is 13.3. The molecule has 1 aromatic carbocycles. The third kappa shape index (κ3) is 3.37. The fraction of sp³-hybridized carbons (Fsp3) is 0.500. The summed E-state index contributed by atoms with van der Waals surface area (Å²) in [6, 6.07) is 5.70. The molecule has 0 radical (unpaired) electrons. The van der Waals surface area contributed by atoms with Gasteiger partial charge in [0.15, 0.2) is 0 Å². The van der Waals surface area contributed by atoms with Crippen molar-refractivity contribution < 1.29 is 9.18 Å². The molecule has 4 nitrogen and oxygen atoms in total. The molecular formula is C20H23ClFN3O. The fourth-order valence-electron chi connectivity index (χ4n) is 4.48. The summed E-state index contributed by atoms with van der Waals surface area (Å²) in [4.78, 5) is 14.9. The lowest BCUT2D eigenvalue weighted by Crippen LogP contribution is -2.47. The number of piperidine rings is 1. The zero-order valence-corrected chi connectivity index (χ0v) is 15.6. The molecular weight excluding hydrogens is 353 g/mol. The number of aromatic nitrogens is 2. The molecule has 0 saturated carbocycles. The first-order valence-corrected chi connectivity index (χ1v) is 9.65. The number of hydrogen-bond donors (Lipinski definition) is 0. The number of carbonyl (C=O) groups excluding carboxylic acids is 1. The summed E-state index contributed by atoms with van der Waals surface area (Å²) in [5.41, 5.74) is 2.08. The summed E-state index contributed by atoms with van der Waals surface area (Å²) >= 11 is 5.83. The zero-order valence-electron chi connectivity index (χ0n) is 14.9. The summed E-state index contributed by atoms with van der Waals surface area (Å²) in [6.45, 7) is 2.05. The molecule has 2 aliphatic heterocycles. The van der Waals surface area contributed by atoms with E-state index in [-0.39, 0.29) is 10.9 Å². The van der Waals surface area contributed by atoms with Crippen LogP contribution in [-0.2, 0) is 11.2 Å². The van der Waals surface area contributed by atoms with E-state index >= 15 is 0 Å². The monoisotopic (exact) mass is 375 g/mol. The average molecular weight is 376 g/mol. The number of nitrogens with zero attached hydrogens (tertiary/aromatic N) is 3. The number of fused-ring (bicyclic) bond motifs is 2. The molecule has 26 heavy (non-hydrogen) atoms. The minimum atomic E-state index is -0.421. The number of hydrogen-bond acceptors (Lipinski definition) is 2. The van der Waals surface area contributed by atoms with Crippen molar-refractivity contribution in [2.45, 2.75) is 63.6 Å². The van der Waals surface area contributed by atoms with E-state index in [0.29, 0.717) is 31.0 Å². The van der Waals surface area contributed by atoms with Crippen molar-refractivity contribution in [2.75, 3.05) is 0 Å². The highest BCUT2D eigenvalue weighted by Gasteiger charge is 2.43. The molecule has 0 aliphatic carbocycles. The van der Waals surface area contributed by atoms with E-state index in [9.17, 15) is 9.18 Å². The highest BCUT2D eigenvalue weighted by atomic mass is 35.5. The van der Waals surface area contributed by atoms with Gasteiger partial charge in [0.2, 0.25) is 5.91 Å². The molecule has 3 heterocycles. The normalized spacial score (nSPS) is 24.9. The Bertz CT molecular complexity index is 807. The minimum Gasteiger partial charge on any atom is -0.337 e. The molecule has 4 rings (SSSR count). The van der Waals surface area contributed by atoms with Crippen molar-refractivity contribution >= 4 is 17.5 Å². The van der Waals surface area contributed by atoms with Gasteiger partial charge in [-0.15, -0.1) is 0 Å². The summed E-state index contributed by atoms with van der Waals surface area (Å²) in [6.07, 6.45) is 9.15. The highest BCUT2D eigenvalue weighted by Crippen LogP contribution is 2.41. The Kier molecular flexibility index (Phi) is 4.74. The SMILES string of the molecule is Cc1cnn(C2CC3CCC(C2)N3C(=O)CCc2ccc(F)c(Cl)c2)c1. The number of aryl methyl sites for hydroxylation is 2. The van der Waals surface area contributed by atoms with E-state index in [1.807, 2.05) is 6.20 Å². The van der Waals surface area contributed by atoms with E-state index in [1.54, 1.807) is 12.1 Å². The average Bonchev–Trinajstić information content (AvgIpc) is 3.16. The van der Waals surface area contributed by atoms with Gasteiger partial charge in [0.25, 0.3) is 0 Å². The fourth-order valence-corrected chi connectivity index (χ4v) is 4.68. The second-order valence-electron chi connectivity index (χ2n) is 7.56. The number of amides is 1. The molecule has 2 fully saturated rings. The van der Waals surface area contributed by atoms with Crippen molar-refractivity contribution in [1.82, 2.24) is 14.7 Å². The highest BCUT2D eigenvalue weighted by molar-refractivity contribution is 6.30. The van der Waals surface area contributed by atoms with Crippen LogP contribution in [0.3, 0.4) is 0 Å². The molecule has 138 valence electrons. The largest absolute Gasteiger partial charge is 0.337 e. The second-order valence-corrected chi connectivity index (χ2v) is 7.96. The van der Waals surface area contributed by atoms with Crippen LogP contribution in [0.5, 0.6) is 0 Å². The van der Waals surface area contributed by atoms with Gasteiger partial charge in [-0.25, -0.2) is 4.39 Å². The Balaban J connectivity index is 1.39. The molecule has 2 aliphatic rings. The molecule has 0 spiro atoms. The van der Waals surface area contributed by atoms with Crippen LogP contribution >= 0.6 is 11.6 Å². The summed E-state index contributed by atoms with van der Waals surface area (Å²) in [5.74, 6) is -0.219. The van der Waals surface area contributed by atoms with E-state index in [1.165, 1.54) is 11.6 Å². The van der Waals surface area contributed by atoms with Gasteiger partial charge in [0.05, 0.1) is 17.3 Å². The number of benzene rings is 1. The standard InChI is InChI=1S/C20H23ClFN3O/c1-13-11-23-24(12-13)17-9-15-4-5-16(10-17)25(15)20(26)7-3-14-2-6-19(22)18(21)8-14/h2,6,8,11-12,15-17H,3-5,7,9-10H2,1H3. The molecule has 2 aromatic rings. The first-order valence-electron chi connectivity index (χ1n) is 9.27. The molecule has 0 N–H and O–H groups in total. The van der Waals surface area contributed by atoms with Gasteiger partial charge in [0, 0.05) is 24.7 Å². The van der Waals surface area contributed by atoms with Gasteiger partial charge < -0.3 is 4.90 Å². The van der Waals surface area contributed by atoms with Crippen LogP contribution in [0.2, 0.25) is 5.02 Å². The van der Waals surface area contributed by atoms with Gasteiger partial charge in [-0.3, -0.25) is 9.48 Å². The second kappa shape index (κ2) is 7.03. The quantitative estimate of drug-likeness (QED) is 0.798. The van der Waals surface area contributed by atoms with Crippen LogP contribution in [0.15, 0.2) is 30.6 Å². The smallest absolute Gasteiger partial charge is 0.223 e. The van der Waals surface area contributed by atoms with Crippen molar-refractivity contribution in [3.8, 4) is 0 Å². The molecule has 6 heteroatoms. The van der Waals surface area contributed by atoms with Crippen molar-refractivity contribution in [1.29, 1.82) is 0 Å². The summed E-state index contributed by atoms with van der Waals surface area (Å²) in [7, 11) is 0. The van der Waals surface area contributed by atoms with Gasteiger partial charge in [-0.1, -0.05) is 17.7 Å². The Morgan fingerprint density at radius 3 is 2.62 bits per heavy atom. The number of carbonyl (C=O) groups is 1. The Labute approximate surface area is 157 Å². The Morgan fingerprint density at radius 1 is 1.27 bits per heavy atom. The van der Waals surface area contributed by atoms with Gasteiger partial charge in [-0.05, 0) is 62.3 Å². The van der Waals surface area contributed by atoms with E-state index in [4.69, 9.17) is 11.6 Å². The van der Waals surface area contributed by atoms with Crippen LogP contribution in [0.1, 0.15) is 49.3 Å². The molecule has 1 amide bonds. The van der Waals surface area contributed by atoms with Gasteiger partial charge in [0.1, 0.15) is 5.82 Å². The molecule has 2 saturated heterocycles. The molecule has 2 unspecified atom stereocenters. The lowest BCUT2D eigenvalue weighted by atomic mass is 9.96. The van der Waals surface area contributed by atoms with E-state index < -0.39 is 5.82 Å². The first kappa shape index (κ1) is 17.5. The topological polar surface area (TPSA) is 38.1 Å². The van der Waals surface area contributed by atoms with Crippen LogP contribution in [0.4, 0.5) is 4.39 Å². The number of halogens is 2. The van der Waals surface area contributed by atoms with Gasteiger partial charge >= 0.3 is 0 Å². The predicted octanol–water partition coefficient (Wildman–Crippen LogP) is 4.31. The number of rotatable bonds is 4. The van der Waals surface area contributed by atoms with Crippen LogP contribution in [0, 0.1) is 12.7 Å². The third-order valence-corrected chi connectivity index (χ3v) is 6.00. The van der Waals surface area contributed by atoms with Gasteiger partial charge in [-0.2, -0.15) is 5.10 Å². The van der Waals surface area contributed by atoms with Crippen molar-refractivity contribution in [3.05, 3.63) is 52.6 Å². The van der Waals surface area contributed by atoms with E-state index in [0.717, 1.165) is 31.2 Å². The lowest BCUT2D eigenvalue weighted by molar-refractivity contribution is -0.136. The molecule has 1 aromatic heterocycles. The minimum absolute atomic E-state index is 0.116. The van der Waals surface area contributed by atoms with E-state index in [2.05, 4.69) is 27.8 Å². The first-order chi connectivity index (χ1) is 12.5.